The summed E-state index contributed by atoms with van der Waals surface area (Å²) >= 11 is 0. The van der Waals surface area contributed by atoms with Crippen molar-refractivity contribution < 1.29 is 8.78 Å². The Hall–Kier alpha value is -1.92. The van der Waals surface area contributed by atoms with Crippen molar-refractivity contribution in [2.75, 3.05) is 0 Å². The lowest BCUT2D eigenvalue weighted by atomic mass is 10.0. The van der Waals surface area contributed by atoms with Gasteiger partial charge in [0.25, 0.3) is 0 Å². The molecule has 0 spiro atoms. The molecule has 1 aromatic carbocycles. The third kappa shape index (κ3) is 2.43. The lowest BCUT2D eigenvalue weighted by Gasteiger charge is -2.16. The topological polar surface area (TPSA) is 63.8 Å². The Morgan fingerprint density at radius 2 is 2.00 bits per heavy atom. The van der Waals surface area contributed by atoms with Gasteiger partial charge in [-0.25, -0.2) is 14.2 Å². The summed E-state index contributed by atoms with van der Waals surface area (Å²) in [6.07, 6.45) is 2.94. The Kier molecular flexibility index (Phi) is 3.36. The molecule has 0 amide bonds. The molecule has 1 heterocycles. The summed E-state index contributed by atoms with van der Waals surface area (Å²) in [6.45, 7) is 0. The molecule has 0 aliphatic heterocycles. The molecular formula is C11H10F2N4. The molecule has 0 aliphatic rings. The molecule has 6 heteroatoms. The zero-order valence-electron chi connectivity index (χ0n) is 8.77. The number of hydrogen-bond donors (Lipinski definition) is 2. The van der Waals surface area contributed by atoms with Crippen molar-refractivity contribution in [3.8, 4) is 0 Å². The summed E-state index contributed by atoms with van der Waals surface area (Å²) in [5.74, 6) is 4.09. The maximum Gasteiger partial charge on any atom is 0.131 e. The molecule has 2 aromatic rings. The first-order valence-corrected chi connectivity index (χ1v) is 4.90. The number of nitrogens with one attached hydrogen (secondary N) is 1. The molecule has 0 saturated carbocycles. The SMILES string of the molecule is NNC(c1ccnnc1)c1ccc(F)cc1F. The molecule has 0 aliphatic carbocycles. The number of rotatable bonds is 3. The van der Waals surface area contributed by atoms with Gasteiger partial charge in [-0.2, -0.15) is 10.2 Å². The normalized spacial score (nSPS) is 12.4. The van der Waals surface area contributed by atoms with Crippen LogP contribution in [0.5, 0.6) is 0 Å². The van der Waals surface area contributed by atoms with Gasteiger partial charge < -0.3 is 0 Å². The van der Waals surface area contributed by atoms with Crippen LogP contribution in [0.25, 0.3) is 0 Å². The highest BCUT2D eigenvalue weighted by Gasteiger charge is 2.17. The van der Waals surface area contributed by atoms with E-state index in [0.29, 0.717) is 5.56 Å². The fourth-order valence-electron chi connectivity index (χ4n) is 1.57. The van der Waals surface area contributed by atoms with Crippen LogP contribution in [-0.2, 0) is 0 Å². The number of nitrogens with zero attached hydrogens (tertiary/aromatic N) is 2. The predicted molar refractivity (Wildman–Crippen MR) is 57.6 cm³/mol. The first-order chi connectivity index (χ1) is 8.22. The highest BCUT2D eigenvalue weighted by atomic mass is 19.1. The largest absolute Gasteiger partial charge is 0.271 e. The number of hydrogen-bond acceptors (Lipinski definition) is 4. The van der Waals surface area contributed by atoms with Crippen LogP contribution in [0.3, 0.4) is 0 Å². The van der Waals surface area contributed by atoms with Crippen LogP contribution in [0.15, 0.2) is 36.7 Å². The Bertz CT molecular complexity index is 504. The van der Waals surface area contributed by atoms with E-state index in [1.54, 1.807) is 6.07 Å². The van der Waals surface area contributed by atoms with Crippen LogP contribution >= 0.6 is 0 Å². The second-order valence-electron chi connectivity index (χ2n) is 3.44. The summed E-state index contributed by atoms with van der Waals surface area (Å²) < 4.78 is 26.4. The van der Waals surface area contributed by atoms with Crippen LogP contribution in [-0.4, -0.2) is 10.2 Å². The molecule has 1 aromatic heterocycles. The molecule has 1 unspecified atom stereocenters. The second kappa shape index (κ2) is 4.94. The summed E-state index contributed by atoms with van der Waals surface area (Å²) in [4.78, 5) is 0. The van der Waals surface area contributed by atoms with Crippen LogP contribution < -0.4 is 11.3 Å². The third-order valence-electron chi connectivity index (χ3n) is 2.38. The average Bonchev–Trinajstić information content (AvgIpc) is 2.34. The molecule has 2 rings (SSSR count). The molecule has 1 atom stereocenters. The molecule has 0 saturated heterocycles. The summed E-state index contributed by atoms with van der Waals surface area (Å²) in [5.41, 5.74) is 3.36. The Morgan fingerprint density at radius 1 is 1.18 bits per heavy atom. The molecule has 3 N–H and O–H groups in total. The minimum Gasteiger partial charge on any atom is -0.271 e. The standard InChI is InChI=1S/C11H10F2N4/c12-8-1-2-9(10(13)5-8)11(17-14)7-3-4-15-16-6-7/h1-6,11,17H,14H2. The maximum atomic E-state index is 13.6. The highest BCUT2D eigenvalue weighted by Crippen LogP contribution is 2.23. The Labute approximate surface area is 96.5 Å². The van der Waals surface area contributed by atoms with E-state index in [1.807, 2.05) is 0 Å². The monoisotopic (exact) mass is 236 g/mol. The van der Waals surface area contributed by atoms with Gasteiger partial charge in [0.15, 0.2) is 0 Å². The van der Waals surface area contributed by atoms with Gasteiger partial charge in [-0.15, -0.1) is 0 Å². The molecule has 4 nitrogen and oxygen atoms in total. The van der Waals surface area contributed by atoms with E-state index in [9.17, 15) is 8.78 Å². The lowest BCUT2D eigenvalue weighted by molar-refractivity contribution is 0.540. The van der Waals surface area contributed by atoms with Crippen molar-refractivity contribution >= 4 is 0 Å². The van der Waals surface area contributed by atoms with Crippen LogP contribution in [0.2, 0.25) is 0 Å². The first-order valence-electron chi connectivity index (χ1n) is 4.90. The first kappa shape index (κ1) is 11.6. The van der Waals surface area contributed by atoms with Gasteiger partial charge in [-0.3, -0.25) is 5.84 Å². The zero-order chi connectivity index (χ0) is 12.3. The Morgan fingerprint density at radius 3 is 2.59 bits per heavy atom. The number of nitrogens with two attached hydrogens (primary N) is 1. The Balaban J connectivity index is 2.42. The maximum absolute atomic E-state index is 13.6. The van der Waals surface area contributed by atoms with Gasteiger partial charge in [0.2, 0.25) is 0 Å². The smallest absolute Gasteiger partial charge is 0.131 e. The van der Waals surface area contributed by atoms with Crippen LogP contribution in [0, 0.1) is 11.6 Å². The summed E-state index contributed by atoms with van der Waals surface area (Å²) in [6, 6.07) is 4.40. The van der Waals surface area contributed by atoms with Crippen LogP contribution in [0.4, 0.5) is 8.78 Å². The van der Waals surface area contributed by atoms with E-state index in [-0.39, 0.29) is 5.56 Å². The number of aromatic nitrogens is 2. The van der Waals surface area contributed by atoms with E-state index >= 15 is 0 Å². The molecular weight excluding hydrogens is 226 g/mol. The van der Waals surface area contributed by atoms with E-state index < -0.39 is 17.7 Å². The van der Waals surface area contributed by atoms with E-state index in [4.69, 9.17) is 5.84 Å². The zero-order valence-corrected chi connectivity index (χ0v) is 8.77. The lowest BCUT2D eigenvalue weighted by Crippen LogP contribution is -2.29. The fraction of sp³-hybridized carbons (Fsp3) is 0.0909. The van der Waals surface area contributed by atoms with Gasteiger partial charge in [-0.1, -0.05) is 6.07 Å². The van der Waals surface area contributed by atoms with Crippen molar-refractivity contribution in [1.82, 2.24) is 15.6 Å². The minimum atomic E-state index is -0.662. The quantitative estimate of drug-likeness (QED) is 0.623. The molecule has 88 valence electrons. The fourth-order valence-corrected chi connectivity index (χ4v) is 1.57. The molecule has 17 heavy (non-hydrogen) atoms. The summed E-state index contributed by atoms with van der Waals surface area (Å²) in [5, 5.41) is 7.30. The van der Waals surface area contributed by atoms with Crippen molar-refractivity contribution in [1.29, 1.82) is 0 Å². The van der Waals surface area contributed by atoms with Gasteiger partial charge in [0.05, 0.1) is 12.2 Å². The van der Waals surface area contributed by atoms with Gasteiger partial charge >= 0.3 is 0 Å². The predicted octanol–water partition coefficient (Wildman–Crippen LogP) is 1.31. The van der Waals surface area contributed by atoms with Crippen LogP contribution in [0.1, 0.15) is 17.2 Å². The van der Waals surface area contributed by atoms with Gasteiger partial charge in [0, 0.05) is 17.8 Å². The van der Waals surface area contributed by atoms with Crippen molar-refractivity contribution in [3.63, 3.8) is 0 Å². The van der Waals surface area contributed by atoms with Crippen molar-refractivity contribution in [2.24, 2.45) is 5.84 Å². The van der Waals surface area contributed by atoms with Crippen molar-refractivity contribution in [2.45, 2.75) is 6.04 Å². The average molecular weight is 236 g/mol. The molecule has 0 radical (unpaired) electrons. The van der Waals surface area contributed by atoms with E-state index in [2.05, 4.69) is 15.6 Å². The minimum absolute atomic E-state index is 0.252. The summed E-state index contributed by atoms with van der Waals surface area (Å²) in [7, 11) is 0. The van der Waals surface area contributed by atoms with Gasteiger partial charge in [-0.05, 0) is 17.7 Å². The molecule has 0 fully saturated rings. The number of hydrazine groups is 1. The molecule has 0 bridgehead atoms. The van der Waals surface area contributed by atoms with Crippen molar-refractivity contribution in [3.05, 3.63) is 59.4 Å². The highest BCUT2D eigenvalue weighted by molar-refractivity contribution is 5.30. The number of halogens is 2. The second-order valence-corrected chi connectivity index (χ2v) is 3.44. The van der Waals surface area contributed by atoms with E-state index in [0.717, 1.165) is 6.07 Å². The van der Waals surface area contributed by atoms with Gasteiger partial charge in [0.1, 0.15) is 11.6 Å². The number of benzene rings is 1. The van der Waals surface area contributed by atoms with E-state index in [1.165, 1.54) is 24.5 Å². The third-order valence-corrected chi connectivity index (χ3v) is 2.38.